The molecule has 0 unspecified atom stereocenters. The van der Waals surface area contributed by atoms with Gasteiger partial charge in [-0.25, -0.2) is 4.98 Å². The second-order valence-corrected chi connectivity index (χ2v) is 5.68. The van der Waals surface area contributed by atoms with E-state index in [1.165, 1.54) is 11.3 Å². The summed E-state index contributed by atoms with van der Waals surface area (Å²) in [6.07, 6.45) is 4.76. The Bertz CT molecular complexity index is 550. The molecule has 108 valence electrons. The zero-order valence-corrected chi connectivity index (χ0v) is 12.5. The lowest BCUT2D eigenvalue weighted by atomic mass is 9.93. The van der Waals surface area contributed by atoms with Gasteiger partial charge in [0.05, 0.1) is 18.0 Å². The van der Waals surface area contributed by atoms with Crippen molar-refractivity contribution in [3.63, 3.8) is 0 Å². The van der Waals surface area contributed by atoms with Crippen molar-refractivity contribution in [2.75, 3.05) is 6.54 Å². The van der Waals surface area contributed by atoms with E-state index < -0.39 is 0 Å². The molecule has 6 heteroatoms. The molecule has 0 radical (unpaired) electrons. The Morgan fingerprint density at radius 1 is 1.50 bits per heavy atom. The predicted octanol–water partition coefficient (Wildman–Crippen LogP) is 2.65. The van der Waals surface area contributed by atoms with E-state index in [2.05, 4.69) is 10.3 Å². The van der Waals surface area contributed by atoms with Crippen LogP contribution in [-0.4, -0.2) is 23.0 Å². The summed E-state index contributed by atoms with van der Waals surface area (Å²) in [5.74, 6) is 0.541. The number of thiazole rings is 1. The Labute approximate surface area is 122 Å². The molecule has 20 heavy (non-hydrogen) atoms. The molecule has 0 saturated carbocycles. The van der Waals surface area contributed by atoms with Crippen LogP contribution in [0.15, 0.2) is 29.0 Å². The summed E-state index contributed by atoms with van der Waals surface area (Å²) in [4.78, 5) is 17.1. The number of nitrogens with zero attached hydrogens (tertiary/aromatic N) is 1. The van der Waals surface area contributed by atoms with Crippen molar-refractivity contribution in [3.8, 4) is 10.8 Å². The average Bonchev–Trinajstić information content (AvgIpc) is 3.14. The van der Waals surface area contributed by atoms with Gasteiger partial charge in [-0.1, -0.05) is 13.8 Å². The van der Waals surface area contributed by atoms with Gasteiger partial charge in [0.25, 0.3) is 5.91 Å². The average molecular weight is 293 g/mol. The molecule has 2 aromatic rings. The number of hydrogen-bond acceptors (Lipinski definition) is 5. The van der Waals surface area contributed by atoms with E-state index in [0.717, 1.165) is 12.8 Å². The molecule has 0 aliphatic heterocycles. The summed E-state index contributed by atoms with van der Waals surface area (Å²) < 4.78 is 5.27. The monoisotopic (exact) mass is 293 g/mol. The van der Waals surface area contributed by atoms with E-state index in [1.54, 1.807) is 18.5 Å². The second kappa shape index (κ2) is 6.19. The topological polar surface area (TPSA) is 81.1 Å². The third-order valence-electron chi connectivity index (χ3n) is 3.58. The Kier molecular flexibility index (Phi) is 4.57. The SMILES string of the molecule is CCC(CC)(CN)NC(=O)c1cnc(-c2ccco2)s1. The van der Waals surface area contributed by atoms with Gasteiger partial charge in [-0.05, 0) is 25.0 Å². The van der Waals surface area contributed by atoms with E-state index in [9.17, 15) is 4.79 Å². The number of hydrogen-bond donors (Lipinski definition) is 2. The van der Waals surface area contributed by atoms with Crippen LogP contribution in [0.2, 0.25) is 0 Å². The molecule has 2 aromatic heterocycles. The van der Waals surface area contributed by atoms with Gasteiger partial charge in [0, 0.05) is 6.54 Å². The van der Waals surface area contributed by atoms with Crippen LogP contribution in [0.5, 0.6) is 0 Å². The summed E-state index contributed by atoms with van der Waals surface area (Å²) in [7, 11) is 0. The Morgan fingerprint density at radius 2 is 2.25 bits per heavy atom. The Balaban J connectivity index is 2.14. The summed E-state index contributed by atoms with van der Waals surface area (Å²) in [6.45, 7) is 4.48. The first-order chi connectivity index (χ1) is 9.64. The number of nitrogens with two attached hydrogens (primary N) is 1. The molecule has 1 amide bonds. The number of nitrogens with one attached hydrogen (secondary N) is 1. The van der Waals surface area contributed by atoms with E-state index >= 15 is 0 Å². The minimum atomic E-state index is -0.341. The smallest absolute Gasteiger partial charge is 0.263 e. The number of amides is 1. The molecule has 0 atom stereocenters. The summed E-state index contributed by atoms with van der Waals surface area (Å²) in [5, 5.41) is 3.73. The number of carbonyl (C=O) groups excluding carboxylic acids is 1. The van der Waals surface area contributed by atoms with E-state index in [-0.39, 0.29) is 11.4 Å². The van der Waals surface area contributed by atoms with Crippen LogP contribution in [0, 0.1) is 0 Å². The lowest BCUT2D eigenvalue weighted by Gasteiger charge is -2.31. The summed E-state index contributed by atoms with van der Waals surface area (Å²) in [6, 6.07) is 3.62. The quantitative estimate of drug-likeness (QED) is 0.858. The molecule has 0 aliphatic rings. The molecule has 2 rings (SSSR count). The third kappa shape index (κ3) is 2.91. The molecule has 0 fully saturated rings. The zero-order chi connectivity index (χ0) is 14.6. The third-order valence-corrected chi connectivity index (χ3v) is 4.60. The van der Waals surface area contributed by atoms with Crippen LogP contribution in [-0.2, 0) is 0 Å². The van der Waals surface area contributed by atoms with Crippen molar-refractivity contribution < 1.29 is 9.21 Å². The van der Waals surface area contributed by atoms with Crippen molar-refractivity contribution in [1.29, 1.82) is 0 Å². The van der Waals surface area contributed by atoms with Gasteiger partial charge < -0.3 is 15.5 Å². The van der Waals surface area contributed by atoms with Crippen molar-refractivity contribution in [1.82, 2.24) is 10.3 Å². The largest absolute Gasteiger partial charge is 0.462 e. The molecule has 0 bridgehead atoms. The van der Waals surface area contributed by atoms with E-state index in [1.807, 2.05) is 19.9 Å². The first-order valence-corrected chi connectivity index (χ1v) is 7.48. The fourth-order valence-corrected chi connectivity index (χ4v) is 2.74. The van der Waals surface area contributed by atoms with Crippen molar-refractivity contribution in [2.24, 2.45) is 5.73 Å². The molecule has 2 heterocycles. The minimum Gasteiger partial charge on any atom is -0.462 e. The van der Waals surface area contributed by atoms with Gasteiger partial charge >= 0.3 is 0 Å². The van der Waals surface area contributed by atoms with Gasteiger partial charge in [0.2, 0.25) is 0 Å². The lowest BCUT2D eigenvalue weighted by Crippen LogP contribution is -2.52. The van der Waals surface area contributed by atoms with Gasteiger partial charge in [-0.3, -0.25) is 4.79 Å². The molecule has 5 nitrogen and oxygen atoms in total. The van der Waals surface area contributed by atoms with Crippen molar-refractivity contribution >= 4 is 17.2 Å². The maximum atomic E-state index is 12.3. The first kappa shape index (κ1) is 14.7. The lowest BCUT2D eigenvalue weighted by molar-refractivity contribution is 0.0899. The molecular weight excluding hydrogens is 274 g/mol. The minimum absolute atomic E-state index is 0.130. The van der Waals surface area contributed by atoms with Crippen LogP contribution in [0.1, 0.15) is 36.4 Å². The normalized spacial score (nSPS) is 11.6. The summed E-state index contributed by atoms with van der Waals surface area (Å²) >= 11 is 1.31. The molecule has 0 aliphatic carbocycles. The first-order valence-electron chi connectivity index (χ1n) is 6.66. The highest BCUT2D eigenvalue weighted by Gasteiger charge is 2.27. The van der Waals surface area contributed by atoms with E-state index in [4.69, 9.17) is 10.2 Å². The number of rotatable bonds is 6. The number of carbonyl (C=O) groups is 1. The molecule has 0 aromatic carbocycles. The fourth-order valence-electron chi connectivity index (χ4n) is 1.96. The van der Waals surface area contributed by atoms with Crippen LogP contribution in [0.4, 0.5) is 0 Å². The highest BCUT2D eigenvalue weighted by atomic mass is 32.1. The number of furan rings is 1. The Hall–Kier alpha value is -1.66. The van der Waals surface area contributed by atoms with Crippen molar-refractivity contribution in [2.45, 2.75) is 32.2 Å². The van der Waals surface area contributed by atoms with Crippen LogP contribution in [0.25, 0.3) is 10.8 Å². The van der Waals surface area contributed by atoms with E-state index in [0.29, 0.717) is 22.2 Å². The molecule has 3 N–H and O–H groups in total. The van der Waals surface area contributed by atoms with Gasteiger partial charge in [-0.2, -0.15) is 0 Å². The van der Waals surface area contributed by atoms with Crippen LogP contribution < -0.4 is 11.1 Å². The van der Waals surface area contributed by atoms with Crippen LogP contribution >= 0.6 is 11.3 Å². The summed E-state index contributed by atoms with van der Waals surface area (Å²) in [5.41, 5.74) is 5.45. The maximum Gasteiger partial charge on any atom is 0.263 e. The molecular formula is C14H19N3O2S. The highest BCUT2D eigenvalue weighted by Crippen LogP contribution is 2.26. The van der Waals surface area contributed by atoms with Gasteiger partial charge in [0.1, 0.15) is 4.88 Å². The van der Waals surface area contributed by atoms with Gasteiger partial charge in [0.15, 0.2) is 10.8 Å². The fraction of sp³-hybridized carbons (Fsp3) is 0.429. The van der Waals surface area contributed by atoms with Crippen LogP contribution in [0.3, 0.4) is 0 Å². The Morgan fingerprint density at radius 3 is 2.80 bits per heavy atom. The molecule has 0 saturated heterocycles. The van der Waals surface area contributed by atoms with Gasteiger partial charge in [-0.15, -0.1) is 11.3 Å². The standard InChI is InChI=1S/C14H19N3O2S/c1-3-14(4-2,9-15)17-12(18)11-8-16-13(20-11)10-6-5-7-19-10/h5-8H,3-4,9,15H2,1-2H3,(H,17,18). The maximum absolute atomic E-state index is 12.3. The number of aromatic nitrogens is 1. The van der Waals surface area contributed by atoms with Crippen molar-refractivity contribution in [3.05, 3.63) is 29.5 Å². The predicted molar refractivity (Wildman–Crippen MR) is 79.6 cm³/mol. The highest BCUT2D eigenvalue weighted by molar-refractivity contribution is 7.16. The zero-order valence-electron chi connectivity index (χ0n) is 11.7. The second-order valence-electron chi connectivity index (χ2n) is 4.65. The molecule has 0 spiro atoms.